The van der Waals surface area contributed by atoms with Crippen LogP contribution in [-0.4, -0.2) is 58.7 Å². The van der Waals surface area contributed by atoms with Crippen molar-refractivity contribution in [2.24, 2.45) is 5.41 Å². The van der Waals surface area contributed by atoms with E-state index in [0.717, 1.165) is 63.2 Å². The molecule has 2 fully saturated rings. The molecule has 2 saturated heterocycles. The zero-order valence-electron chi connectivity index (χ0n) is 14.8. The van der Waals surface area contributed by atoms with Gasteiger partial charge in [-0.25, -0.2) is 0 Å². The first kappa shape index (κ1) is 16.5. The summed E-state index contributed by atoms with van der Waals surface area (Å²) in [5.41, 5.74) is 2.04. The fourth-order valence-electron chi connectivity index (χ4n) is 3.94. The largest absolute Gasteiger partial charge is 0.338 e. The summed E-state index contributed by atoms with van der Waals surface area (Å²) in [4.78, 5) is 17.4. The quantitative estimate of drug-likeness (QED) is 0.857. The van der Waals surface area contributed by atoms with Crippen LogP contribution >= 0.6 is 0 Å². The molecule has 2 aliphatic heterocycles. The van der Waals surface area contributed by atoms with E-state index in [9.17, 15) is 4.79 Å². The van der Waals surface area contributed by atoms with Crippen molar-refractivity contribution in [2.45, 2.75) is 52.5 Å². The molecule has 2 aliphatic rings. The topological polar surface area (TPSA) is 41.4 Å². The van der Waals surface area contributed by atoms with Crippen molar-refractivity contribution in [1.82, 2.24) is 19.6 Å². The minimum atomic E-state index is 0.182. The first-order valence-electron chi connectivity index (χ1n) is 9.05. The van der Waals surface area contributed by atoms with Gasteiger partial charge in [0.2, 0.25) is 0 Å². The fourth-order valence-corrected chi connectivity index (χ4v) is 3.94. The average Bonchev–Trinajstić information content (AvgIpc) is 3.12. The van der Waals surface area contributed by atoms with Crippen LogP contribution in [0.2, 0.25) is 0 Å². The van der Waals surface area contributed by atoms with E-state index < -0.39 is 0 Å². The Hall–Kier alpha value is -1.36. The lowest BCUT2D eigenvalue weighted by Gasteiger charge is -2.37. The summed E-state index contributed by atoms with van der Waals surface area (Å²) in [5, 5.41) is 4.52. The van der Waals surface area contributed by atoms with E-state index in [2.05, 4.69) is 28.9 Å². The van der Waals surface area contributed by atoms with Gasteiger partial charge in [0, 0.05) is 25.8 Å². The molecule has 0 bridgehead atoms. The highest BCUT2D eigenvalue weighted by atomic mass is 16.2. The van der Waals surface area contributed by atoms with Crippen molar-refractivity contribution in [1.29, 1.82) is 0 Å². The zero-order valence-corrected chi connectivity index (χ0v) is 14.8. The lowest BCUT2D eigenvalue weighted by molar-refractivity contribution is 0.0736. The highest BCUT2D eigenvalue weighted by Gasteiger charge is 2.41. The van der Waals surface area contributed by atoms with Crippen molar-refractivity contribution in [2.75, 3.05) is 33.2 Å². The van der Waals surface area contributed by atoms with Crippen molar-refractivity contribution in [3.8, 4) is 0 Å². The third-order valence-electron chi connectivity index (χ3n) is 5.69. The minimum absolute atomic E-state index is 0.182. The molecule has 5 heteroatoms. The van der Waals surface area contributed by atoms with Gasteiger partial charge in [0.25, 0.3) is 5.91 Å². The number of nitrogens with zero attached hydrogens (tertiary/aromatic N) is 4. The van der Waals surface area contributed by atoms with Crippen LogP contribution < -0.4 is 0 Å². The van der Waals surface area contributed by atoms with Crippen molar-refractivity contribution in [3.05, 3.63) is 17.5 Å². The summed E-state index contributed by atoms with van der Waals surface area (Å²) >= 11 is 0. The van der Waals surface area contributed by atoms with Crippen LogP contribution in [-0.2, 0) is 6.54 Å². The Labute approximate surface area is 139 Å². The maximum absolute atomic E-state index is 12.9. The highest BCUT2D eigenvalue weighted by Crippen LogP contribution is 2.40. The van der Waals surface area contributed by atoms with Crippen LogP contribution in [0.4, 0.5) is 0 Å². The Kier molecular flexibility index (Phi) is 4.76. The number of likely N-dealkylation sites (tertiary alicyclic amines) is 2. The number of aryl methyl sites for hydroxylation is 2. The SMILES string of the molecule is CCCCn1cc(C(=O)N2CCC3(CCN(C)CC3)C2)c(C)n1. The van der Waals surface area contributed by atoms with Crippen LogP contribution in [0, 0.1) is 12.3 Å². The lowest BCUT2D eigenvalue weighted by atomic mass is 9.78. The molecule has 128 valence electrons. The Morgan fingerprint density at radius 3 is 2.65 bits per heavy atom. The summed E-state index contributed by atoms with van der Waals surface area (Å²) < 4.78 is 1.94. The second-order valence-electron chi connectivity index (χ2n) is 7.52. The fraction of sp³-hybridized carbons (Fsp3) is 0.778. The Morgan fingerprint density at radius 1 is 1.26 bits per heavy atom. The molecule has 0 aliphatic carbocycles. The number of rotatable bonds is 4. The van der Waals surface area contributed by atoms with Crippen LogP contribution in [0.25, 0.3) is 0 Å². The van der Waals surface area contributed by atoms with Gasteiger partial charge in [-0.05, 0) is 58.2 Å². The number of carbonyl (C=O) groups is 1. The molecule has 1 spiro atoms. The van der Waals surface area contributed by atoms with Gasteiger partial charge in [-0.3, -0.25) is 9.48 Å². The monoisotopic (exact) mass is 318 g/mol. The predicted octanol–water partition coefficient (Wildman–Crippen LogP) is 2.55. The third kappa shape index (κ3) is 3.44. The Bertz CT molecular complexity index is 557. The molecule has 0 saturated carbocycles. The first-order chi connectivity index (χ1) is 11.0. The maximum Gasteiger partial charge on any atom is 0.257 e. The number of hydrogen-bond acceptors (Lipinski definition) is 3. The second kappa shape index (κ2) is 6.63. The first-order valence-corrected chi connectivity index (χ1v) is 9.05. The molecule has 0 unspecified atom stereocenters. The maximum atomic E-state index is 12.9. The normalized spacial score (nSPS) is 21.3. The molecule has 0 atom stereocenters. The van der Waals surface area contributed by atoms with Gasteiger partial charge in [-0.2, -0.15) is 5.10 Å². The molecular weight excluding hydrogens is 288 g/mol. The molecular formula is C18H30N4O. The van der Waals surface area contributed by atoms with Gasteiger partial charge in [-0.1, -0.05) is 13.3 Å². The number of aromatic nitrogens is 2. The number of amides is 1. The second-order valence-corrected chi connectivity index (χ2v) is 7.52. The standard InChI is InChI=1S/C18H30N4O/c1-4-5-9-22-13-16(15(2)19-22)17(23)21-12-8-18(14-21)6-10-20(3)11-7-18/h13H,4-12,14H2,1-3H3. The summed E-state index contributed by atoms with van der Waals surface area (Å²) in [6, 6.07) is 0. The predicted molar refractivity (Wildman–Crippen MR) is 91.6 cm³/mol. The molecule has 0 radical (unpaired) electrons. The average molecular weight is 318 g/mol. The molecule has 3 heterocycles. The van der Waals surface area contributed by atoms with Gasteiger partial charge in [0.1, 0.15) is 0 Å². The van der Waals surface area contributed by atoms with E-state index in [1.165, 1.54) is 12.8 Å². The van der Waals surface area contributed by atoms with Crippen molar-refractivity contribution < 1.29 is 4.79 Å². The summed E-state index contributed by atoms with van der Waals surface area (Å²) in [6.07, 6.45) is 7.81. The number of carbonyl (C=O) groups excluding carboxylic acids is 1. The van der Waals surface area contributed by atoms with Gasteiger partial charge in [-0.15, -0.1) is 0 Å². The lowest BCUT2D eigenvalue weighted by Crippen LogP contribution is -2.40. The number of piperidine rings is 1. The van der Waals surface area contributed by atoms with E-state index in [4.69, 9.17) is 0 Å². The summed E-state index contributed by atoms with van der Waals surface area (Å²) in [5.74, 6) is 0.182. The van der Waals surface area contributed by atoms with E-state index in [0.29, 0.717) is 5.41 Å². The van der Waals surface area contributed by atoms with Gasteiger partial charge < -0.3 is 9.80 Å². The van der Waals surface area contributed by atoms with Crippen LogP contribution in [0.5, 0.6) is 0 Å². The van der Waals surface area contributed by atoms with Gasteiger partial charge in [0.05, 0.1) is 11.3 Å². The van der Waals surface area contributed by atoms with Crippen LogP contribution in [0.15, 0.2) is 6.20 Å². The van der Waals surface area contributed by atoms with Crippen LogP contribution in [0.3, 0.4) is 0 Å². The third-order valence-corrected chi connectivity index (χ3v) is 5.69. The zero-order chi connectivity index (χ0) is 16.4. The molecule has 5 nitrogen and oxygen atoms in total. The highest BCUT2D eigenvalue weighted by molar-refractivity contribution is 5.95. The smallest absolute Gasteiger partial charge is 0.257 e. The summed E-state index contributed by atoms with van der Waals surface area (Å²) in [7, 11) is 2.19. The molecule has 3 rings (SSSR count). The molecule has 1 aromatic heterocycles. The van der Waals surface area contributed by atoms with Gasteiger partial charge >= 0.3 is 0 Å². The summed E-state index contributed by atoms with van der Waals surface area (Å²) in [6.45, 7) is 9.19. The van der Waals surface area contributed by atoms with Crippen LogP contribution in [0.1, 0.15) is 55.1 Å². The number of hydrogen-bond donors (Lipinski definition) is 0. The van der Waals surface area contributed by atoms with E-state index in [1.54, 1.807) is 0 Å². The molecule has 23 heavy (non-hydrogen) atoms. The number of unbranched alkanes of at least 4 members (excludes halogenated alkanes) is 1. The molecule has 0 N–H and O–H groups in total. The van der Waals surface area contributed by atoms with Crippen molar-refractivity contribution >= 4 is 5.91 Å². The molecule has 1 amide bonds. The van der Waals surface area contributed by atoms with E-state index in [1.807, 2.05) is 17.8 Å². The van der Waals surface area contributed by atoms with E-state index >= 15 is 0 Å². The molecule has 0 aromatic carbocycles. The van der Waals surface area contributed by atoms with E-state index in [-0.39, 0.29) is 5.91 Å². The Balaban J connectivity index is 1.66. The van der Waals surface area contributed by atoms with Crippen molar-refractivity contribution in [3.63, 3.8) is 0 Å². The minimum Gasteiger partial charge on any atom is -0.338 e. The Morgan fingerprint density at radius 2 is 1.96 bits per heavy atom. The molecule has 1 aromatic rings. The van der Waals surface area contributed by atoms with Gasteiger partial charge in [0.15, 0.2) is 0 Å².